The van der Waals surface area contributed by atoms with E-state index in [1.807, 2.05) is 0 Å². The largest absolute Gasteiger partial charge is 0.465 e. The molecular formula is C11H7Cl2N3O3S. The Morgan fingerprint density at radius 1 is 1.35 bits per heavy atom. The van der Waals surface area contributed by atoms with Crippen LogP contribution in [0.5, 0.6) is 0 Å². The maximum atomic E-state index is 12.0. The minimum atomic E-state index is -0.566. The molecule has 2 heterocycles. The Kier molecular flexibility index (Phi) is 4.53. The van der Waals surface area contributed by atoms with Crippen molar-refractivity contribution in [2.24, 2.45) is 0 Å². The van der Waals surface area contributed by atoms with E-state index in [-0.39, 0.29) is 25.9 Å². The molecule has 20 heavy (non-hydrogen) atoms. The molecule has 6 nitrogen and oxygen atoms in total. The van der Waals surface area contributed by atoms with Crippen LogP contribution in [0.2, 0.25) is 10.2 Å². The molecule has 2 rings (SSSR count). The SMILES string of the molecule is COC(=O)c1cnc(NC(=O)c2nc(Cl)ccc2Cl)s1. The van der Waals surface area contributed by atoms with E-state index in [2.05, 4.69) is 20.0 Å². The van der Waals surface area contributed by atoms with Crippen molar-refractivity contribution in [1.29, 1.82) is 0 Å². The van der Waals surface area contributed by atoms with Crippen LogP contribution < -0.4 is 5.32 Å². The molecule has 0 unspecified atom stereocenters. The average Bonchev–Trinajstić information content (AvgIpc) is 2.89. The van der Waals surface area contributed by atoms with Crippen molar-refractivity contribution in [2.75, 3.05) is 12.4 Å². The van der Waals surface area contributed by atoms with E-state index in [1.54, 1.807) is 0 Å². The van der Waals surface area contributed by atoms with Crippen molar-refractivity contribution in [3.63, 3.8) is 0 Å². The van der Waals surface area contributed by atoms with E-state index in [0.717, 1.165) is 11.3 Å². The Bertz CT molecular complexity index is 675. The van der Waals surface area contributed by atoms with Gasteiger partial charge in [0, 0.05) is 0 Å². The first kappa shape index (κ1) is 14.7. The lowest BCUT2D eigenvalue weighted by molar-refractivity contribution is 0.0606. The second-order valence-electron chi connectivity index (χ2n) is 3.44. The lowest BCUT2D eigenvalue weighted by Gasteiger charge is -2.03. The van der Waals surface area contributed by atoms with E-state index >= 15 is 0 Å². The monoisotopic (exact) mass is 331 g/mol. The summed E-state index contributed by atoms with van der Waals surface area (Å²) in [4.78, 5) is 31.2. The van der Waals surface area contributed by atoms with Crippen molar-refractivity contribution < 1.29 is 14.3 Å². The van der Waals surface area contributed by atoms with Crippen LogP contribution in [-0.4, -0.2) is 29.0 Å². The zero-order valence-corrected chi connectivity index (χ0v) is 12.3. The Hall–Kier alpha value is -1.70. The number of rotatable bonds is 3. The smallest absolute Gasteiger partial charge is 0.349 e. The molecule has 0 fully saturated rings. The van der Waals surface area contributed by atoms with Crippen LogP contribution in [0.1, 0.15) is 20.2 Å². The van der Waals surface area contributed by atoms with Gasteiger partial charge in [-0.3, -0.25) is 10.1 Å². The van der Waals surface area contributed by atoms with Crippen molar-refractivity contribution in [2.45, 2.75) is 0 Å². The number of aromatic nitrogens is 2. The number of halogens is 2. The third-order valence-corrected chi connectivity index (χ3v) is 3.55. The summed E-state index contributed by atoms with van der Waals surface area (Å²) in [5.41, 5.74) is -0.0195. The van der Waals surface area contributed by atoms with E-state index in [4.69, 9.17) is 23.2 Å². The molecule has 2 aromatic heterocycles. The van der Waals surface area contributed by atoms with E-state index in [1.165, 1.54) is 25.4 Å². The number of ether oxygens (including phenoxy) is 1. The van der Waals surface area contributed by atoms with Crippen LogP contribution in [0.4, 0.5) is 5.13 Å². The number of carbonyl (C=O) groups excluding carboxylic acids is 2. The Balaban J connectivity index is 2.17. The molecule has 0 saturated heterocycles. The van der Waals surface area contributed by atoms with Gasteiger partial charge in [0.2, 0.25) is 0 Å². The molecule has 0 aliphatic heterocycles. The molecule has 104 valence electrons. The van der Waals surface area contributed by atoms with Gasteiger partial charge in [0.25, 0.3) is 5.91 Å². The highest BCUT2D eigenvalue weighted by molar-refractivity contribution is 7.17. The normalized spacial score (nSPS) is 10.2. The number of carbonyl (C=O) groups is 2. The number of thiazole rings is 1. The third-order valence-electron chi connectivity index (χ3n) is 2.14. The fraction of sp³-hybridized carbons (Fsp3) is 0.0909. The van der Waals surface area contributed by atoms with Gasteiger partial charge in [0.15, 0.2) is 5.13 Å². The van der Waals surface area contributed by atoms with Gasteiger partial charge in [-0.15, -0.1) is 0 Å². The molecule has 0 atom stereocenters. The minimum Gasteiger partial charge on any atom is -0.465 e. The van der Waals surface area contributed by atoms with Gasteiger partial charge in [0.05, 0.1) is 18.3 Å². The van der Waals surface area contributed by atoms with E-state index < -0.39 is 11.9 Å². The number of anilines is 1. The van der Waals surface area contributed by atoms with Gasteiger partial charge in [-0.25, -0.2) is 14.8 Å². The summed E-state index contributed by atoms with van der Waals surface area (Å²) in [7, 11) is 1.26. The number of esters is 1. The first-order chi connectivity index (χ1) is 9.51. The number of nitrogens with zero attached hydrogens (tertiary/aromatic N) is 2. The van der Waals surface area contributed by atoms with Crippen molar-refractivity contribution in [1.82, 2.24) is 9.97 Å². The second-order valence-corrected chi connectivity index (χ2v) is 5.26. The summed E-state index contributed by atoms with van der Waals surface area (Å²) < 4.78 is 4.54. The summed E-state index contributed by atoms with van der Waals surface area (Å²) in [6.07, 6.45) is 1.30. The Morgan fingerprint density at radius 3 is 2.80 bits per heavy atom. The molecule has 9 heteroatoms. The number of methoxy groups -OCH3 is 1. The molecule has 1 amide bonds. The number of hydrogen-bond acceptors (Lipinski definition) is 6. The predicted molar refractivity (Wildman–Crippen MR) is 75.7 cm³/mol. The van der Waals surface area contributed by atoms with Crippen LogP contribution in [0.25, 0.3) is 0 Å². The summed E-state index contributed by atoms with van der Waals surface area (Å²) in [5.74, 6) is -1.09. The summed E-state index contributed by atoms with van der Waals surface area (Å²) in [6, 6.07) is 2.94. The molecule has 0 bridgehead atoms. The number of hydrogen-bond donors (Lipinski definition) is 1. The Morgan fingerprint density at radius 2 is 2.10 bits per heavy atom. The number of nitrogens with one attached hydrogen (secondary N) is 1. The maximum Gasteiger partial charge on any atom is 0.349 e. The second kappa shape index (κ2) is 6.17. The molecule has 0 aliphatic carbocycles. The fourth-order valence-electron chi connectivity index (χ4n) is 1.26. The summed E-state index contributed by atoms with van der Waals surface area (Å²) in [5, 5.41) is 3.02. The highest BCUT2D eigenvalue weighted by Gasteiger charge is 2.16. The van der Waals surface area contributed by atoms with Crippen LogP contribution in [0.15, 0.2) is 18.3 Å². The molecule has 0 aliphatic rings. The molecule has 0 aromatic carbocycles. The lowest BCUT2D eigenvalue weighted by atomic mass is 10.3. The van der Waals surface area contributed by atoms with Crippen molar-refractivity contribution >= 4 is 51.5 Å². The average molecular weight is 332 g/mol. The van der Waals surface area contributed by atoms with Crippen LogP contribution in [0.3, 0.4) is 0 Å². The van der Waals surface area contributed by atoms with Gasteiger partial charge < -0.3 is 4.74 Å². The topological polar surface area (TPSA) is 81.2 Å². The minimum absolute atomic E-state index is 0.0195. The standard InChI is InChI=1S/C11H7Cl2N3O3S/c1-19-10(18)6-4-14-11(20-6)16-9(17)8-5(12)2-3-7(13)15-8/h2-4H,1H3,(H,14,16,17). The van der Waals surface area contributed by atoms with Crippen molar-refractivity contribution in [3.8, 4) is 0 Å². The van der Waals surface area contributed by atoms with Crippen LogP contribution >= 0.6 is 34.5 Å². The molecule has 2 aromatic rings. The maximum absolute atomic E-state index is 12.0. The molecular weight excluding hydrogens is 325 g/mol. The third kappa shape index (κ3) is 3.24. The quantitative estimate of drug-likeness (QED) is 0.690. The van der Waals surface area contributed by atoms with Gasteiger partial charge in [-0.05, 0) is 12.1 Å². The zero-order chi connectivity index (χ0) is 14.7. The van der Waals surface area contributed by atoms with E-state index in [9.17, 15) is 9.59 Å². The summed E-state index contributed by atoms with van der Waals surface area (Å²) >= 11 is 12.5. The van der Waals surface area contributed by atoms with Gasteiger partial charge in [0.1, 0.15) is 15.7 Å². The van der Waals surface area contributed by atoms with Crippen molar-refractivity contribution in [3.05, 3.63) is 39.1 Å². The lowest BCUT2D eigenvalue weighted by Crippen LogP contribution is -2.14. The van der Waals surface area contributed by atoms with Gasteiger partial charge in [-0.2, -0.15) is 0 Å². The number of amides is 1. The highest BCUT2D eigenvalue weighted by Crippen LogP contribution is 2.22. The van der Waals surface area contributed by atoms with Gasteiger partial charge in [-0.1, -0.05) is 34.5 Å². The molecule has 0 saturated carbocycles. The first-order valence-electron chi connectivity index (χ1n) is 5.19. The highest BCUT2D eigenvalue weighted by atomic mass is 35.5. The number of pyridine rings is 1. The fourth-order valence-corrected chi connectivity index (χ4v) is 2.33. The molecule has 1 N–H and O–H groups in total. The zero-order valence-electron chi connectivity index (χ0n) is 10.0. The van der Waals surface area contributed by atoms with Crippen LogP contribution in [-0.2, 0) is 4.74 Å². The Labute approximate surface area is 127 Å². The van der Waals surface area contributed by atoms with Gasteiger partial charge >= 0.3 is 5.97 Å². The summed E-state index contributed by atoms with van der Waals surface area (Å²) in [6.45, 7) is 0. The van der Waals surface area contributed by atoms with E-state index in [0.29, 0.717) is 0 Å². The first-order valence-corrected chi connectivity index (χ1v) is 6.76. The van der Waals surface area contributed by atoms with Crippen LogP contribution in [0, 0.1) is 0 Å². The molecule has 0 radical (unpaired) electrons. The predicted octanol–water partition coefficient (Wildman–Crippen LogP) is 2.88. The molecule has 0 spiro atoms.